The largest absolute Gasteiger partial charge is 0.490 e. The molecule has 5 heterocycles. The number of anilines is 2. The second-order valence-electron chi connectivity index (χ2n) is 11.7. The summed E-state index contributed by atoms with van der Waals surface area (Å²) in [4.78, 5) is 49.3. The summed E-state index contributed by atoms with van der Waals surface area (Å²) < 4.78 is 73.4. The van der Waals surface area contributed by atoms with Gasteiger partial charge in [0.05, 0.1) is 17.1 Å². The van der Waals surface area contributed by atoms with E-state index in [4.69, 9.17) is 29.8 Å². The van der Waals surface area contributed by atoms with Crippen molar-refractivity contribution in [3.8, 4) is 5.75 Å². The highest BCUT2D eigenvalue weighted by Crippen LogP contribution is 2.33. The topological polar surface area (TPSA) is 311 Å². The van der Waals surface area contributed by atoms with Crippen LogP contribution in [0.3, 0.4) is 0 Å². The number of hydroxylamine groups is 2. The predicted molar refractivity (Wildman–Crippen MR) is 178 cm³/mol. The molecule has 2 saturated heterocycles. The number of nitrogens with two attached hydrogens (primary N) is 1. The molecule has 2 aliphatic rings. The molecule has 1 unspecified atom stereocenters. The summed E-state index contributed by atoms with van der Waals surface area (Å²) in [6, 6.07) is 8.25. The van der Waals surface area contributed by atoms with Gasteiger partial charge in [-0.2, -0.15) is 31.9 Å². The van der Waals surface area contributed by atoms with Crippen molar-refractivity contribution < 1.29 is 59.5 Å². The first-order chi connectivity index (χ1) is 25.3. The number of ether oxygens (including phenoxy) is 1. The number of halogens is 3. The Bertz CT molecular complexity index is 2150. The third kappa shape index (κ3) is 9.60. The number of β-lactam (4-membered cyclic amide) rings is 1. The Morgan fingerprint density at radius 1 is 1.22 bits per heavy atom. The normalized spacial score (nSPS) is 17.7. The number of aliphatic carboxylic acids is 1. The number of nitrogens with zero attached hydrogens (tertiary/aromatic N) is 7. The van der Waals surface area contributed by atoms with Crippen molar-refractivity contribution in [2.75, 3.05) is 30.7 Å². The molecule has 2 aliphatic heterocycles. The summed E-state index contributed by atoms with van der Waals surface area (Å²) >= 11 is 1.03. The number of amides is 2. The number of nitrogens with one attached hydrogen (secondary N) is 4. The molecule has 8 N–H and O–H groups in total. The van der Waals surface area contributed by atoms with E-state index in [1.165, 1.54) is 19.2 Å². The molecule has 2 amide bonds. The van der Waals surface area contributed by atoms with E-state index in [9.17, 15) is 31.2 Å². The average Bonchev–Trinajstić information content (AvgIpc) is 3.77. The Kier molecular flexibility index (Phi) is 11.5. The van der Waals surface area contributed by atoms with E-state index >= 15 is 0 Å². The van der Waals surface area contributed by atoms with Gasteiger partial charge in [-0.15, -0.1) is 25.8 Å². The van der Waals surface area contributed by atoms with Crippen LogP contribution >= 0.6 is 11.3 Å². The van der Waals surface area contributed by atoms with Crippen LogP contribution in [0.25, 0.3) is 10.9 Å². The Balaban J connectivity index is 0.000000730. The molecule has 0 radical (unpaired) electrons. The Labute approximate surface area is 305 Å². The summed E-state index contributed by atoms with van der Waals surface area (Å²) in [6.07, 6.45) is -6.16. The van der Waals surface area contributed by atoms with E-state index in [-0.39, 0.29) is 29.0 Å². The van der Waals surface area contributed by atoms with Crippen molar-refractivity contribution in [3.63, 3.8) is 0 Å². The molecule has 2 fully saturated rings. The number of hydrogen-bond acceptors (Lipinski definition) is 18. The number of benzene rings is 1. The van der Waals surface area contributed by atoms with Gasteiger partial charge in [-0.3, -0.25) is 14.1 Å². The van der Waals surface area contributed by atoms with E-state index in [2.05, 4.69) is 56.0 Å². The van der Waals surface area contributed by atoms with Gasteiger partial charge < -0.3 is 36.4 Å². The molecule has 22 nitrogen and oxygen atoms in total. The lowest BCUT2D eigenvalue weighted by molar-refractivity contribution is -0.218. The quantitative estimate of drug-likeness (QED) is 0.0410. The number of fused-ring (bicyclic) bond motifs is 1. The Morgan fingerprint density at radius 2 is 1.94 bits per heavy atom. The van der Waals surface area contributed by atoms with Crippen molar-refractivity contribution in [2.45, 2.75) is 43.8 Å². The molecule has 1 aromatic carbocycles. The lowest BCUT2D eigenvalue weighted by atomic mass is 9.84. The van der Waals surface area contributed by atoms with Crippen LogP contribution in [0.4, 0.5) is 24.1 Å². The zero-order chi connectivity index (χ0) is 39.4. The van der Waals surface area contributed by atoms with Crippen LogP contribution in [-0.4, -0.2) is 121 Å². The van der Waals surface area contributed by atoms with E-state index < -0.39 is 52.0 Å². The molecule has 2 atom stereocenters. The van der Waals surface area contributed by atoms with Crippen LogP contribution in [0.15, 0.2) is 40.9 Å². The van der Waals surface area contributed by atoms with Gasteiger partial charge in [0.1, 0.15) is 29.9 Å². The molecule has 290 valence electrons. The lowest BCUT2D eigenvalue weighted by Crippen LogP contribution is -2.76. The number of pyridine rings is 1. The van der Waals surface area contributed by atoms with Gasteiger partial charge in [0, 0.05) is 23.9 Å². The van der Waals surface area contributed by atoms with Crippen LogP contribution < -0.4 is 26.4 Å². The van der Waals surface area contributed by atoms with Crippen LogP contribution in [0.5, 0.6) is 5.75 Å². The monoisotopic (exact) mass is 802 g/mol. The number of carboxylic acid groups (broad SMARTS) is 1. The van der Waals surface area contributed by atoms with Gasteiger partial charge in [-0.1, -0.05) is 10.4 Å². The number of rotatable bonds is 13. The number of thiazole rings is 1. The lowest BCUT2D eigenvalue weighted by Gasteiger charge is -2.50. The summed E-state index contributed by atoms with van der Waals surface area (Å²) in [6.45, 7) is 4.43. The van der Waals surface area contributed by atoms with Crippen molar-refractivity contribution in [3.05, 3.63) is 47.2 Å². The Morgan fingerprint density at radius 3 is 2.50 bits per heavy atom. The van der Waals surface area contributed by atoms with E-state index in [0.29, 0.717) is 16.9 Å². The minimum absolute atomic E-state index is 0.0258. The van der Waals surface area contributed by atoms with Crippen LogP contribution in [0.2, 0.25) is 0 Å². The molecule has 4 aromatic rings. The van der Waals surface area contributed by atoms with Gasteiger partial charge in [0.2, 0.25) is 11.9 Å². The third-order valence-corrected chi connectivity index (χ3v) is 8.47. The number of carboxylic acids is 1. The number of alkyl halides is 3. The highest BCUT2D eigenvalue weighted by molar-refractivity contribution is 7.80. The molecule has 0 bridgehead atoms. The molecular formula is C27H29F3N12O10S2. The Hall–Kier alpha value is -5.77. The second kappa shape index (κ2) is 15.7. The first kappa shape index (κ1) is 39.4. The van der Waals surface area contributed by atoms with Crippen molar-refractivity contribution in [1.82, 2.24) is 46.3 Å². The summed E-state index contributed by atoms with van der Waals surface area (Å²) in [7, 11) is -4.99. The minimum atomic E-state index is -5.08. The maximum absolute atomic E-state index is 13.4. The summed E-state index contributed by atoms with van der Waals surface area (Å²) in [5.41, 5.74) is 4.82. The molecule has 3 aromatic heterocycles. The fraction of sp³-hybridized carbons (Fsp3) is 0.370. The van der Waals surface area contributed by atoms with E-state index in [0.717, 1.165) is 41.1 Å². The van der Waals surface area contributed by atoms with Crippen LogP contribution in [0, 0.1) is 0 Å². The highest BCUT2D eigenvalue weighted by atomic mass is 32.3. The molecule has 6 rings (SSSR count). The van der Waals surface area contributed by atoms with Crippen molar-refractivity contribution in [1.29, 1.82) is 0 Å². The summed E-state index contributed by atoms with van der Waals surface area (Å²) in [5, 5.41) is 36.8. The fourth-order valence-electron chi connectivity index (χ4n) is 4.64. The SMILES string of the molecule is CC1(C)[C@H](NC(=O)/C(=N\OC(COc2ccc3nc(NC4CNC4)ccc3c2)c2nn[nH]n2)c2csc(N)n2)C(=O)N1OS(=O)(=O)O.O=C(O)C(F)(F)F. The first-order valence-corrected chi connectivity index (χ1v) is 17.4. The molecular weight excluding hydrogens is 773 g/mol. The zero-order valence-corrected chi connectivity index (χ0v) is 29.3. The summed E-state index contributed by atoms with van der Waals surface area (Å²) in [5.74, 6) is -3.29. The number of tetrazole rings is 1. The molecule has 0 aliphatic carbocycles. The molecule has 54 heavy (non-hydrogen) atoms. The predicted octanol–water partition coefficient (Wildman–Crippen LogP) is 0.185. The van der Waals surface area contributed by atoms with Gasteiger partial charge >= 0.3 is 22.5 Å². The van der Waals surface area contributed by atoms with E-state index in [1.807, 2.05) is 18.2 Å². The van der Waals surface area contributed by atoms with E-state index in [1.54, 1.807) is 12.1 Å². The van der Waals surface area contributed by atoms with Crippen LogP contribution in [-0.2, 0) is 33.9 Å². The minimum Gasteiger partial charge on any atom is -0.489 e. The number of carbonyl (C=O) groups excluding carboxylic acids is 2. The van der Waals surface area contributed by atoms with Gasteiger partial charge in [-0.25, -0.2) is 14.8 Å². The molecule has 0 spiro atoms. The number of nitrogen functional groups attached to an aromatic ring is 1. The number of carbonyl (C=O) groups is 3. The first-order valence-electron chi connectivity index (χ1n) is 15.1. The maximum Gasteiger partial charge on any atom is 0.490 e. The number of oxime groups is 1. The average molecular weight is 803 g/mol. The second-order valence-corrected chi connectivity index (χ2v) is 13.6. The van der Waals surface area contributed by atoms with Gasteiger partial charge in [0.15, 0.2) is 10.8 Å². The standard InChI is InChI=1S/C25H28N12O8S2.C2HF3O2/c1-25(2)20(23(39)37(25)45-47(40,41)42)31-22(38)19(16-11-46-24(26)30-16)34-44-17(21-32-35-36-33-21)10-43-14-4-5-15-12(7-14)3-6-18(29-15)28-13-8-27-9-13;3-2(4,5)1(6)7/h3-7,11,13,17,20,27H,8-10H2,1-2H3,(H2,26,30)(H,28,29)(H,31,38)(H,40,41,42)(H,32,33,35,36);(H,6,7)/b34-19-;/t17?,20-;/m1./s1. The van der Waals surface area contributed by atoms with Gasteiger partial charge in [0.25, 0.3) is 11.8 Å². The number of H-pyrrole nitrogens is 1. The zero-order valence-electron chi connectivity index (χ0n) is 27.6. The fourth-order valence-corrected chi connectivity index (χ4v) is 5.64. The number of aromatic amines is 1. The smallest absolute Gasteiger partial charge is 0.489 e. The van der Waals surface area contributed by atoms with Crippen molar-refractivity contribution >= 4 is 67.1 Å². The molecule has 0 saturated carbocycles. The third-order valence-electron chi connectivity index (χ3n) is 7.46. The number of hydrogen-bond donors (Lipinski definition) is 7. The van der Waals surface area contributed by atoms with Crippen LogP contribution in [0.1, 0.15) is 31.5 Å². The number of aromatic nitrogens is 6. The van der Waals surface area contributed by atoms with Gasteiger partial charge in [-0.05, 0) is 44.2 Å². The highest BCUT2D eigenvalue weighted by Gasteiger charge is 2.58. The molecule has 27 heteroatoms. The van der Waals surface area contributed by atoms with Crippen molar-refractivity contribution in [2.24, 2.45) is 5.16 Å². The maximum atomic E-state index is 13.4.